The molecule has 0 N–H and O–H groups in total. The van der Waals surface area contributed by atoms with Gasteiger partial charge in [0, 0.05) is 0 Å². The lowest BCUT2D eigenvalue weighted by molar-refractivity contribution is -0.137. The number of hydrogen-bond acceptors (Lipinski definition) is 3. The molecule has 0 saturated heterocycles. The lowest BCUT2D eigenvalue weighted by atomic mass is 10.2. The molecule has 1 aromatic carbocycles. The molecule has 1 unspecified atom stereocenters. The zero-order valence-electron chi connectivity index (χ0n) is 10.1. The van der Waals surface area contributed by atoms with Crippen LogP contribution in [-0.4, -0.2) is 13.7 Å². The van der Waals surface area contributed by atoms with Gasteiger partial charge in [-0.3, -0.25) is 0 Å². The number of rotatable bonds is 4. The van der Waals surface area contributed by atoms with E-state index in [9.17, 15) is 21.6 Å². The normalized spacial score (nSPS) is 13.8. The van der Waals surface area contributed by atoms with Crippen LogP contribution in [0, 0.1) is 11.3 Å². The first-order valence-corrected chi connectivity index (χ1v) is 7.06. The van der Waals surface area contributed by atoms with Gasteiger partial charge in [0.2, 0.25) is 0 Å². The highest BCUT2D eigenvalue weighted by atomic mass is 32.2. The summed E-state index contributed by atoms with van der Waals surface area (Å²) in [5.41, 5.74) is -0.903. The van der Waals surface area contributed by atoms with Crippen LogP contribution in [-0.2, 0) is 16.0 Å². The van der Waals surface area contributed by atoms with Gasteiger partial charge in [-0.05, 0) is 30.7 Å². The second-order valence-electron chi connectivity index (χ2n) is 3.96. The van der Waals surface area contributed by atoms with E-state index in [0.29, 0.717) is 0 Å². The summed E-state index contributed by atoms with van der Waals surface area (Å²) in [5, 5.41) is 7.67. The van der Waals surface area contributed by atoms with Crippen LogP contribution in [0.25, 0.3) is 0 Å². The summed E-state index contributed by atoms with van der Waals surface area (Å²) in [7, 11) is -3.77. The third kappa shape index (κ3) is 3.47. The van der Waals surface area contributed by atoms with Crippen molar-refractivity contribution in [3.8, 4) is 6.07 Å². The molecule has 0 aliphatic carbocycles. The van der Waals surface area contributed by atoms with Gasteiger partial charge in [-0.1, -0.05) is 6.92 Å². The maximum absolute atomic E-state index is 12.4. The maximum Gasteiger partial charge on any atom is 0.416 e. The number of nitriles is 1. The van der Waals surface area contributed by atoms with Gasteiger partial charge >= 0.3 is 6.18 Å². The monoisotopic (exact) mass is 291 g/mol. The van der Waals surface area contributed by atoms with Crippen molar-refractivity contribution in [1.82, 2.24) is 0 Å². The second-order valence-corrected chi connectivity index (χ2v) is 6.19. The zero-order chi connectivity index (χ0) is 14.7. The number of benzene rings is 1. The molecule has 0 heterocycles. The predicted octanol–water partition coefficient (Wildman–Crippen LogP) is 3.17. The van der Waals surface area contributed by atoms with E-state index in [1.54, 1.807) is 13.0 Å². The molecule has 104 valence electrons. The Labute approximate surface area is 109 Å². The van der Waals surface area contributed by atoms with Crippen molar-refractivity contribution < 1.29 is 21.6 Å². The highest BCUT2D eigenvalue weighted by molar-refractivity contribution is 7.92. The molecule has 0 bridgehead atoms. The minimum Gasteiger partial charge on any atom is -0.223 e. The van der Waals surface area contributed by atoms with E-state index in [1.165, 1.54) is 0 Å². The molecule has 0 aliphatic heterocycles. The van der Waals surface area contributed by atoms with Gasteiger partial charge in [0.25, 0.3) is 0 Å². The van der Waals surface area contributed by atoms with E-state index >= 15 is 0 Å². The lowest BCUT2D eigenvalue weighted by Gasteiger charge is -2.13. The summed E-state index contributed by atoms with van der Waals surface area (Å²) in [5.74, 6) is 0. The summed E-state index contributed by atoms with van der Waals surface area (Å²) < 4.78 is 61.3. The molecule has 0 fully saturated rings. The number of nitrogens with zero attached hydrogens (tertiary/aromatic N) is 1. The van der Waals surface area contributed by atoms with Crippen molar-refractivity contribution >= 4 is 9.84 Å². The Balaban J connectivity index is 3.14. The number of hydrogen-bond donors (Lipinski definition) is 0. The van der Waals surface area contributed by atoms with E-state index < -0.39 is 26.8 Å². The molecule has 0 spiro atoms. The molecule has 1 atom stereocenters. The van der Waals surface area contributed by atoms with Crippen LogP contribution < -0.4 is 0 Å². The SMILES string of the molecule is CCC(CC#N)S(=O)(=O)c1ccc(C(F)(F)F)cc1. The first kappa shape index (κ1) is 15.5. The predicted molar refractivity (Wildman–Crippen MR) is 62.9 cm³/mol. The van der Waals surface area contributed by atoms with Crippen LogP contribution in [0.3, 0.4) is 0 Å². The summed E-state index contributed by atoms with van der Waals surface area (Å²) in [6.45, 7) is 1.61. The fourth-order valence-corrected chi connectivity index (χ4v) is 3.23. The Morgan fingerprint density at radius 1 is 1.26 bits per heavy atom. The molecular formula is C12H12F3NO2S. The van der Waals surface area contributed by atoms with Crippen molar-refractivity contribution in [3.05, 3.63) is 29.8 Å². The number of sulfone groups is 1. The minimum absolute atomic E-state index is 0.181. The average Bonchev–Trinajstić information content (AvgIpc) is 2.34. The average molecular weight is 291 g/mol. The lowest BCUT2D eigenvalue weighted by Crippen LogP contribution is -2.20. The molecule has 7 heteroatoms. The van der Waals surface area contributed by atoms with Crippen LogP contribution in [0.15, 0.2) is 29.2 Å². The van der Waals surface area contributed by atoms with Crippen molar-refractivity contribution in [2.24, 2.45) is 0 Å². The van der Waals surface area contributed by atoms with Crippen molar-refractivity contribution in [2.75, 3.05) is 0 Å². The van der Waals surface area contributed by atoms with E-state index in [0.717, 1.165) is 24.3 Å². The number of alkyl halides is 3. The standard InChI is InChI=1S/C12H12F3NO2S/c1-2-10(7-8-16)19(17,18)11-5-3-9(4-6-11)12(13,14)15/h3-6,10H,2,7H2,1H3. The Kier molecular flexibility index (Phi) is 4.58. The van der Waals surface area contributed by atoms with E-state index in [4.69, 9.17) is 5.26 Å². The Bertz CT molecular complexity index is 570. The molecule has 0 aromatic heterocycles. The van der Waals surface area contributed by atoms with Crippen molar-refractivity contribution in [1.29, 1.82) is 5.26 Å². The fraction of sp³-hybridized carbons (Fsp3) is 0.417. The molecule has 1 aromatic rings. The van der Waals surface area contributed by atoms with Gasteiger partial charge < -0.3 is 0 Å². The van der Waals surface area contributed by atoms with Gasteiger partial charge in [-0.15, -0.1) is 0 Å². The topological polar surface area (TPSA) is 57.9 Å². The maximum atomic E-state index is 12.4. The van der Waals surface area contributed by atoms with E-state index in [-0.39, 0.29) is 17.7 Å². The minimum atomic E-state index is -4.50. The van der Waals surface area contributed by atoms with E-state index in [1.807, 2.05) is 0 Å². The molecule has 1 rings (SSSR count). The molecule has 19 heavy (non-hydrogen) atoms. The Hall–Kier alpha value is -1.55. The third-order valence-corrected chi connectivity index (χ3v) is 5.03. The zero-order valence-corrected chi connectivity index (χ0v) is 10.9. The first-order valence-electron chi connectivity index (χ1n) is 5.51. The van der Waals surface area contributed by atoms with Gasteiger partial charge in [-0.2, -0.15) is 18.4 Å². The van der Waals surface area contributed by atoms with Crippen LogP contribution in [0.5, 0.6) is 0 Å². The summed E-state index contributed by atoms with van der Waals surface area (Å²) in [6, 6.07) is 5.08. The van der Waals surface area contributed by atoms with Crippen molar-refractivity contribution in [2.45, 2.75) is 36.1 Å². The molecule has 0 saturated carbocycles. The molecular weight excluding hydrogens is 279 g/mol. The molecule has 0 aliphatic rings. The second kappa shape index (κ2) is 5.61. The smallest absolute Gasteiger partial charge is 0.223 e. The largest absolute Gasteiger partial charge is 0.416 e. The fourth-order valence-electron chi connectivity index (χ4n) is 1.60. The summed E-state index contributed by atoms with van der Waals surface area (Å²) in [4.78, 5) is -0.192. The van der Waals surface area contributed by atoms with Crippen LogP contribution in [0.2, 0.25) is 0 Å². The molecule has 0 radical (unpaired) electrons. The molecule has 3 nitrogen and oxygen atoms in total. The van der Waals surface area contributed by atoms with Crippen LogP contribution in [0.4, 0.5) is 13.2 Å². The highest BCUT2D eigenvalue weighted by Crippen LogP contribution is 2.30. The van der Waals surface area contributed by atoms with Gasteiger partial charge in [0.1, 0.15) is 0 Å². The van der Waals surface area contributed by atoms with Crippen LogP contribution >= 0.6 is 0 Å². The highest BCUT2D eigenvalue weighted by Gasteiger charge is 2.31. The van der Waals surface area contributed by atoms with Gasteiger partial charge in [-0.25, -0.2) is 8.42 Å². The summed E-state index contributed by atoms with van der Waals surface area (Å²) >= 11 is 0. The number of halogens is 3. The quantitative estimate of drug-likeness (QED) is 0.856. The van der Waals surface area contributed by atoms with Gasteiger partial charge in [0.15, 0.2) is 9.84 Å². The Morgan fingerprint density at radius 2 is 1.79 bits per heavy atom. The van der Waals surface area contributed by atoms with Crippen LogP contribution in [0.1, 0.15) is 25.3 Å². The van der Waals surface area contributed by atoms with Crippen molar-refractivity contribution in [3.63, 3.8) is 0 Å². The van der Waals surface area contributed by atoms with E-state index in [2.05, 4.69) is 0 Å². The summed E-state index contributed by atoms with van der Waals surface area (Å²) in [6.07, 6.45) is -4.45. The van der Waals surface area contributed by atoms with Gasteiger partial charge in [0.05, 0.1) is 28.2 Å². The first-order chi connectivity index (χ1) is 8.73. The third-order valence-electron chi connectivity index (χ3n) is 2.72. The molecule has 0 amide bonds. The Morgan fingerprint density at radius 3 is 2.16 bits per heavy atom.